The minimum Gasteiger partial charge on any atom is -0.306 e. The van der Waals surface area contributed by atoms with Crippen molar-refractivity contribution >= 4 is 12.6 Å². The van der Waals surface area contributed by atoms with E-state index in [1.165, 1.54) is 13.4 Å². The zero-order valence-electron chi connectivity index (χ0n) is 11.0. The summed E-state index contributed by atoms with van der Waals surface area (Å²) < 4.78 is 49.5. The monoisotopic (exact) mass is 319 g/mol. The SMILES string of the molecule is CNC(c1ccc(F)cc1)C(F)(F)F.Sc1cncnc1. The van der Waals surface area contributed by atoms with E-state index in [-0.39, 0.29) is 5.56 Å². The van der Waals surface area contributed by atoms with Crippen molar-refractivity contribution < 1.29 is 17.6 Å². The molecule has 2 rings (SSSR count). The predicted molar refractivity (Wildman–Crippen MR) is 73.5 cm³/mol. The van der Waals surface area contributed by atoms with Crippen molar-refractivity contribution in [3.05, 3.63) is 54.4 Å². The van der Waals surface area contributed by atoms with Crippen LogP contribution in [0.5, 0.6) is 0 Å². The molecule has 8 heteroatoms. The smallest absolute Gasteiger partial charge is 0.306 e. The van der Waals surface area contributed by atoms with E-state index < -0.39 is 18.0 Å². The van der Waals surface area contributed by atoms with Gasteiger partial charge in [-0.05, 0) is 24.7 Å². The van der Waals surface area contributed by atoms with Crippen LogP contribution < -0.4 is 5.32 Å². The number of aromatic nitrogens is 2. The Morgan fingerprint density at radius 1 is 1.10 bits per heavy atom. The normalized spacial score (nSPS) is 12.3. The Hall–Kier alpha value is -1.67. The molecule has 1 heterocycles. The third kappa shape index (κ3) is 6.09. The fourth-order valence-electron chi connectivity index (χ4n) is 1.47. The van der Waals surface area contributed by atoms with Gasteiger partial charge in [0, 0.05) is 17.3 Å². The third-order valence-corrected chi connectivity index (χ3v) is 2.60. The Bertz CT molecular complexity index is 531. The number of rotatable bonds is 2. The fraction of sp³-hybridized carbons (Fsp3) is 0.231. The van der Waals surface area contributed by atoms with Crippen LogP contribution in [0.25, 0.3) is 0 Å². The molecule has 114 valence electrons. The number of benzene rings is 1. The van der Waals surface area contributed by atoms with Gasteiger partial charge in [0.05, 0.1) is 0 Å². The van der Waals surface area contributed by atoms with Crippen molar-refractivity contribution in [1.29, 1.82) is 0 Å². The molecule has 0 aliphatic carbocycles. The molecule has 3 nitrogen and oxygen atoms in total. The maximum absolute atomic E-state index is 12.4. The standard InChI is InChI=1S/C9H9F4N.C4H4N2S/c1-14-8(9(11,12)13)6-2-4-7(10)5-3-6;7-4-1-5-3-6-2-4/h2-5,8,14H,1H3;1-3,7H. The van der Waals surface area contributed by atoms with E-state index in [1.54, 1.807) is 12.4 Å². The van der Waals surface area contributed by atoms with Crippen molar-refractivity contribution in [2.24, 2.45) is 0 Å². The summed E-state index contributed by atoms with van der Waals surface area (Å²) in [5.74, 6) is -0.550. The van der Waals surface area contributed by atoms with Gasteiger partial charge in [-0.15, -0.1) is 12.6 Å². The highest BCUT2D eigenvalue weighted by atomic mass is 32.1. The Kier molecular flexibility index (Phi) is 6.57. The van der Waals surface area contributed by atoms with E-state index in [2.05, 4.69) is 27.9 Å². The van der Waals surface area contributed by atoms with Crippen LogP contribution in [0.15, 0.2) is 47.9 Å². The highest BCUT2D eigenvalue weighted by Gasteiger charge is 2.39. The lowest BCUT2D eigenvalue weighted by Crippen LogP contribution is -2.31. The van der Waals surface area contributed by atoms with Gasteiger partial charge in [-0.1, -0.05) is 12.1 Å². The van der Waals surface area contributed by atoms with Crippen molar-refractivity contribution in [2.75, 3.05) is 7.05 Å². The lowest BCUT2D eigenvalue weighted by molar-refractivity contribution is -0.156. The van der Waals surface area contributed by atoms with Crippen LogP contribution in [0.1, 0.15) is 11.6 Å². The number of halogens is 4. The summed E-state index contributed by atoms with van der Waals surface area (Å²) in [5, 5.41) is 2.13. The van der Waals surface area contributed by atoms with E-state index in [0.29, 0.717) is 0 Å². The molecule has 0 spiro atoms. The molecule has 0 bridgehead atoms. The van der Waals surface area contributed by atoms with E-state index in [0.717, 1.165) is 29.2 Å². The molecule has 21 heavy (non-hydrogen) atoms. The van der Waals surface area contributed by atoms with Gasteiger partial charge in [0.2, 0.25) is 0 Å². The van der Waals surface area contributed by atoms with Gasteiger partial charge in [0.1, 0.15) is 18.2 Å². The van der Waals surface area contributed by atoms with Crippen molar-refractivity contribution in [3.8, 4) is 0 Å². The fourth-order valence-corrected chi connectivity index (χ4v) is 1.60. The Morgan fingerprint density at radius 2 is 1.62 bits per heavy atom. The maximum atomic E-state index is 12.4. The molecule has 0 fully saturated rings. The van der Waals surface area contributed by atoms with Crippen LogP contribution in [0.2, 0.25) is 0 Å². The lowest BCUT2D eigenvalue weighted by atomic mass is 10.1. The molecular weight excluding hydrogens is 306 g/mol. The predicted octanol–water partition coefficient (Wildman–Crippen LogP) is 3.41. The van der Waals surface area contributed by atoms with Gasteiger partial charge in [0.15, 0.2) is 0 Å². The van der Waals surface area contributed by atoms with Crippen LogP contribution in [0, 0.1) is 5.82 Å². The number of thiol groups is 1. The van der Waals surface area contributed by atoms with Crippen LogP contribution in [0.3, 0.4) is 0 Å². The zero-order valence-corrected chi connectivity index (χ0v) is 11.9. The van der Waals surface area contributed by atoms with Crippen molar-refractivity contribution in [1.82, 2.24) is 15.3 Å². The molecule has 0 saturated heterocycles. The van der Waals surface area contributed by atoms with E-state index in [4.69, 9.17) is 0 Å². The summed E-state index contributed by atoms with van der Waals surface area (Å²) >= 11 is 3.96. The first-order valence-electron chi connectivity index (χ1n) is 5.78. The van der Waals surface area contributed by atoms with E-state index in [1.807, 2.05) is 0 Å². The van der Waals surface area contributed by atoms with Gasteiger partial charge in [-0.3, -0.25) is 0 Å². The van der Waals surface area contributed by atoms with Crippen LogP contribution in [-0.2, 0) is 0 Å². The quantitative estimate of drug-likeness (QED) is 0.658. The van der Waals surface area contributed by atoms with Gasteiger partial charge >= 0.3 is 6.18 Å². The summed E-state index contributed by atoms with van der Waals surface area (Å²) in [6.07, 6.45) is 0.374. The highest BCUT2D eigenvalue weighted by molar-refractivity contribution is 7.80. The molecule has 0 amide bonds. The summed E-state index contributed by atoms with van der Waals surface area (Å²) in [7, 11) is 1.21. The summed E-state index contributed by atoms with van der Waals surface area (Å²) in [4.78, 5) is 8.19. The molecule has 1 aromatic heterocycles. The minimum absolute atomic E-state index is 0.00130. The summed E-state index contributed by atoms with van der Waals surface area (Å²) in [6.45, 7) is 0. The number of hydrogen-bond donors (Lipinski definition) is 2. The maximum Gasteiger partial charge on any atom is 0.407 e. The number of alkyl halides is 3. The molecule has 1 N–H and O–H groups in total. The van der Waals surface area contributed by atoms with E-state index in [9.17, 15) is 17.6 Å². The average molecular weight is 319 g/mol. The second-order valence-corrected chi connectivity index (χ2v) is 4.43. The van der Waals surface area contributed by atoms with Crippen LogP contribution in [-0.4, -0.2) is 23.2 Å². The molecule has 0 radical (unpaired) electrons. The molecule has 0 saturated carbocycles. The van der Waals surface area contributed by atoms with Crippen LogP contribution in [0.4, 0.5) is 17.6 Å². The van der Waals surface area contributed by atoms with Gasteiger partial charge < -0.3 is 5.32 Å². The average Bonchev–Trinajstić information content (AvgIpc) is 2.42. The highest BCUT2D eigenvalue weighted by Crippen LogP contribution is 2.32. The third-order valence-electron chi connectivity index (χ3n) is 2.37. The molecular formula is C13H13F4N3S. The second-order valence-electron chi connectivity index (χ2n) is 3.91. The summed E-state index contributed by atoms with van der Waals surface area (Å²) in [5.41, 5.74) is 0.00130. The Morgan fingerprint density at radius 3 is 1.95 bits per heavy atom. The first-order valence-corrected chi connectivity index (χ1v) is 6.22. The minimum atomic E-state index is -4.37. The molecule has 1 atom stereocenters. The Labute approximate surface area is 124 Å². The molecule has 2 aromatic rings. The van der Waals surface area contributed by atoms with Gasteiger partial charge in [-0.2, -0.15) is 13.2 Å². The van der Waals surface area contributed by atoms with Crippen LogP contribution >= 0.6 is 12.6 Å². The van der Waals surface area contributed by atoms with Crippen molar-refractivity contribution in [2.45, 2.75) is 17.1 Å². The van der Waals surface area contributed by atoms with Gasteiger partial charge in [-0.25, -0.2) is 14.4 Å². The second kappa shape index (κ2) is 7.94. The van der Waals surface area contributed by atoms with E-state index >= 15 is 0 Å². The Balaban J connectivity index is 0.000000262. The topological polar surface area (TPSA) is 37.8 Å². The number of nitrogens with one attached hydrogen (secondary N) is 1. The zero-order chi connectivity index (χ0) is 15.9. The lowest BCUT2D eigenvalue weighted by Gasteiger charge is -2.19. The molecule has 1 aromatic carbocycles. The molecule has 0 aliphatic heterocycles. The molecule has 0 aliphatic rings. The number of hydrogen-bond acceptors (Lipinski definition) is 4. The van der Waals surface area contributed by atoms with Gasteiger partial charge in [0.25, 0.3) is 0 Å². The largest absolute Gasteiger partial charge is 0.407 e. The number of nitrogens with zero attached hydrogens (tertiary/aromatic N) is 2. The summed E-state index contributed by atoms with van der Waals surface area (Å²) in [6, 6.07) is 2.49. The molecule has 1 unspecified atom stereocenters. The first-order chi connectivity index (χ1) is 9.84. The van der Waals surface area contributed by atoms with Crippen molar-refractivity contribution in [3.63, 3.8) is 0 Å². The first kappa shape index (κ1) is 17.4.